The van der Waals surface area contributed by atoms with Crippen molar-refractivity contribution in [1.29, 1.82) is 0 Å². The molecular formula is C17H24N2O4S. The van der Waals surface area contributed by atoms with Crippen LogP contribution in [0.25, 0.3) is 0 Å². The van der Waals surface area contributed by atoms with E-state index in [9.17, 15) is 14.4 Å². The highest BCUT2D eigenvalue weighted by atomic mass is 32.2. The summed E-state index contributed by atoms with van der Waals surface area (Å²) in [5, 5.41) is 11.6. The maximum atomic E-state index is 12.4. The van der Waals surface area contributed by atoms with Crippen LogP contribution in [0.5, 0.6) is 0 Å². The molecular weight excluding hydrogens is 328 g/mol. The second kappa shape index (κ2) is 10.7. The maximum absolute atomic E-state index is 12.4. The number of nitrogens with one attached hydrogen (secondary N) is 1. The Bertz CT molecular complexity index is 551. The van der Waals surface area contributed by atoms with Crippen LogP contribution in [0.1, 0.15) is 25.8 Å². The number of carbonyl (C=O) groups is 3. The number of amides is 2. The molecule has 0 bridgehead atoms. The molecule has 0 spiro atoms. The van der Waals surface area contributed by atoms with E-state index >= 15 is 0 Å². The molecule has 0 saturated carbocycles. The summed E-state index contributed by atoms with van der Waals surface area (Å²) in [5.41, 5.74) is 1.10. The molecule has 0 saturated heterocycles. The SMILES string of the molecule is CC[C@H](NC(=O)N(CCSC(C)=O)CCc1ccccc1)C(=O)O. The topological polar surface area (TPSA) is 86.7 Å². The van der Waals surface area contributed by atoms with Gasteiger partial charge in [-0.2, -0.15) is 0 Å². The number of hydrogen-bond donors (Lipinski definition) is 2. The van der Waals surface area contributed by atoms with Crippen LogP contribution in [0.2, 0.25) is 0 Å². The van der Waals surface area contributed by atoms with Gasteiger partial charge in [-0.15, -0.1) is 0 Å². The Morgan fingerprint density at radius 2 is 1.88 bits per heavy atom. The molecule has 2 N–H and O–H groups in total. The van der Waals surface area contributed by atoms with Crippen molar-refractivity contribution in [2.75, 3.05) is 18.8 Å². The summed E-state index contributed by atoms with van der Waals surface area (Å²) in [7, 11) is 0. The number of benzene rings is 1. The zero-order valence-corrected chi connectivity index (χ0v) is 14.8. The minimum absolute atomic E-state index is 0.00427. The van der Waals surface area contributed by atoms with Gasteiger partial charge in [0.15, 0.2) is 5.12 Å². The zero-order valence-electron chi connectivity index (χ0n) is 14.0. The van der Waals surface area contributed by atoms with E-state index in [1.54, 1.807) is 11.8 Å². The van der Waals surface area contributed by atoms with Gasteiger partial charge < -0.3 is 15.3 Å². The van der Waals surface area contributed by atoms with Gasteiger partial charge in [-0.3, -0.25) is 4.79 Å². The lowest BCUT2D eigenvalue weighted by Crippen LogP contribution is -2.49. The number of rotatable bonds is 9. The van der Waals surface area contributed by atoms with E-state index in [0.29, 0.717) is 31.7 Å². The average molecular weight is 352 g/mol. The van der Waals surface area contributed by atoms with E-state index in [1.165, 1.54) is 6.92 Å². The molecule has 0 fully saturated rings. The van der Waals surface area contributed by atoms with Crippen LogP contribution in [-0.2, 0) is 16.0 Å². The number of carboxylic acids is 1. The van der Waals surface area contributed by atoms with Crippen LogP contribution in [0, 0.1) is 0 Å². The molecule has 0 aliphatic rings. The Kier molecular flexibility index (Phi) is 8.93. The Morgan fingerprint density at radius 3 is 2.42 bits per heavy atom. The van der Waals surface area contributed by atoms with Gasteiger partial charge in [-0.05, 0) is 18.4 Å². The molecule has 1 rings (SSSR count). The molecule has 0 aliphatic heterocycles. The summed E-state index contributed by atoms with van der Waals surface area (Å²) in [5.74, 6) is -0.562. The van der Waals surface area contributed by atoms with Crippen LogP contribution in [0.4, 0.5) is 4.79 Å². The fourth-order valence-corrected chi connectivity index (χ4v) is 2.70. The number of aliphatic carboxylic acids is 1. The molecule has 0 radical (unpaired) electrons. The maximum Gasteiger partial charge on any atom is 0.326 e. The first-order valence-corrected chi connectivity index (χ1v) is 8.88. The van der Waals surface area contributed by atoms with E-state index in [0.717, 1.165) is 17.3 Å². The molecule has 1 aromatic rings. The number of hydrogen-bond acceptors (Lipinski definition) is 4. The van der Waals surface area contributed by atoms with Crippen LogP contribution < -0.4 is 5.32 Å². The summed E-state index contributed by atoms with van der Waals surface area (Å²) >= 11 is 1.15. The highest BCUT2D eigenvalue weighted by molar-refractivity contribution is 8.13. The van der Waals surface area contributed by atoms with Crippen molar-refractivity contribution in [3.05, 3.63) is 35.9 Å². The Morgan fingerprint density at radius 1 is 1.21 bits per heavy atom. The summed E-state index contributed by atoms with van der Waals surface area (Å²) in [6.07, 6.45) is 0.985. The fourth-order valence-electron chi connectivity index (χ4n) is 2.10. The number of thioether (sulfide) groups is 1. The Hall–Kier alpha value is -2.02. The summed E-state index contributed by atoms with van der Waals surface area (Å²) in [4.78, 5) is 36.1. The quantitative estimate of drug-likeness (QED) is 0.712. The summed E-state index contributed by atoms with van der Waals surface area (Å²) in [6.45, 7) is 4.04. The lowest BCUT2D eigenvalue weighted by molar-refractivity contribution is -0.139. The van der Waals surface area contributed by atoms with E-state index in [4.69, 9.17) is 5.11 Å². The number of nitrogens with zero attached hydrogens (tertiary/aromatic N) is 1. The van der Waals surface area contributed by atoms with Crippen molar-refractivity contribution in [2.24, 2.45) is 0 Å². The molecule has 1 atom stereocenters. The monoisotopic (exact) mass is 352 g/mol. The van der Waals surface area contributed by atoms with Crippen molar-refractivity contribution in [2.45, 2.75) is 32.7 Å². The van der Waals surface area contributed by atoms with Gasteiger partial charge in [0.25, 0.3) is 0 Å². The molecule has 132 valence electrons. The largest absolute Gasteiger partial charge is 0.480 e. The predicted molar refractivity (Wildman–Crippen MR) is 95.1 cm³/mol. The Balaban J connectivity index is 2.66. The third kappa shape index (κ3) is 7.50. The minimum Gasteiger partial charge on any atom is -0.480 e. The first-order chi connectivity index (χ1) is 11.4. The van der Waals surface area contributed by atoms with Crippen molar-refractivity contribution in [1.82, 2.24) is 10.2 Å². The molecule has 1 aromatic carbocycles. The van der Waals surface area contributed by atoms with Gasteiger partial charge in [0.2, 0.25) is 0 Å². The highest BCUT2D eigenvalue weighted by Gasteiger charge is 2.21. The molecule has 0 heterocycles. The molecule has 7 heteroatoms. The molecule has 0 aliphatic carbocycles. The first kappa shape index (κ1) is 20.0. The lowest BCUT2D eigenvalue weighted by atomic mass is 10.1. The first-order valence-electron chi connectivity index (χ1n) is 7.89. The van der Waals surface area contributed by atoms with Crippen LogP contribution in [0.15, 0.2) is 30.3 Å². The van der Waals surface area contributed by atoms with E-state index in [1.807, 2.05) is 30.3 Å². The van der Waals surface area contributed by atoms with Gasteiger partial charge in [0, 0.05) is 25.8 Å². The average Bonchev–Trinajstić information content (AvgIpc) is 2.55. The number of urea groups is 1. The lowest BCUT2D eigenvalue weighted by Gasteiger charge is -2.24. The predicted octanol–water partition coefficient (Wildman–Crippen LogP) is 2.38. The van der Waals surface area contributed by atoms with Gasteiger partial charge in [0.05, 0.1) is 0 Å². The second-order valence-electron chi connectivity index (χ2n) is 5.31. The second-order valence-corrected chi connectivity index (χ2v) is 6.58. The summed E-state index contributed by atoms with van der Waals surface area (Å²) in [6, 6.07) is 8.43. The van der Waals surface area contributed by atoms with Crippen LogP contribution in [0.3, 0.4) is 0 Å². The Labute approximate surface area is 146 Å². The van der Waals surface area contributed by atoms with Gasteiger partial charge >= 0.3 is 12.0 Å². The van der Waals surface area contributed by atoms with Crippen molar-refractivity contribution >= 4 is 28.9 Å². The normalized spacial score (nSPS) is 11.6. The molecule has 6 nitrogen and oxygen atoms in total. The van der Waals surface area contributed by atoms with Gasteiger partial charge in [-0.25, -0.2) is 9.59 Å². The number of carbonyl (C=O) groups excluding carboxylic acids is 2. The zero-order chi connectivity index (χ0) is 17.9. The van der Waals surface area contributed by atoms with Crippen LogP contribution >= 0.6 is 11.8 Å². The fraction of sp³-hybridized carbons (Fsp3) is 0.471. The highest BCUT2D eigenvalue weighted by Crippen LogP contribution is 2.06. The van der Waals surface area contributed by atoms with E-state index in [-0.39, 0.29) is 5.12 Å². The van der Waals surface area contributed by atoms with Crippen molar-refractivity contribution in [3.63, 3.8) is 0 Å². The molecule has 24 heavy (non-hydrogen) atoms. The van der Waals surface area contributed by atoms with Gasteiger partial charge in [0.1, 0.15) is 6.04 Å². The van der Waals surface area contributed by atoms with E-state index < -0.39 is 18.0 Å². The number of carboxylic acid groups (broad SMARTS) is 1. The molecule has 0 unspecified atom stereocenters. The van der Waals surface area contributed by atoms with E-state index in [2.05, 4.69) is 5.32 Å². The van der Waals surface area contributed by atoms with Gasteiger partial charge in [-0.1, -0.05) is 49.0 Å². The summed E-state index contributed by atoms with van der Waals surface area (Å²) < 4.78 is 0. The standard InChI is InChI=1S/C17H24N2O4S/c1-3-15(16(21)22)18-17(23)19(11-12-24-13(2)20)10-9-14-7-5-4-6-8-14/h4-8,15H,3,9-12H2,1-2H3,(H,18,23)(H,21,22)/t15-/m0/s1. The van der Waals surface area contributed by atoms with Crippen molar-refractivity contribution in [3.8, 4) is 0 Å². The third-order valence-corrected chi connectivity index (χ3v) is 4.26. The smallest absolute Gasteiger partial charge is 0.326 e. The molecule has 0 aromatic heterocycles. The minimum atomic E-state index is -1.05. The molecule has 2 amide bonds. The third-order valence-electron chi connectivity index (χ3n) is 3.47. The van der Waals surface area contributed by atoms with Crippen molar-refractivity contribution < 1.29 is 19.5 Å². The van der Waals surface area contributed by atoms with Crippen LogP contribution in [-0.4, -0.2) is 52.0 Å².